The molecule has 28 heavy (non-hydrogen) atoms. The summed E-state index contributed by atoms with van der Waals surface area (Å²) in [5, 5.41) is 0. The second-order valence-electron chi connectivity index (χ2n) is 9.95. The van der Waals surface area contributed by atoms with Crippen LogP contribution in [-0.2, 0) is 19.6 Å². The van der Waals surface area contributed by atoms with Crippen LogP contribution in [0.3, 0.4) is 0 Å². The lowest BCUT2D eigenvalue weighted by molar-refractivity contribution is -0.546. The van der Waals surface area contributed by atoms with Crippen molar-refractivity contribution < 1.29 is 19.6 Å². The molecule has 4 nitrogen and oxygen atoms in total. The minimum Gasteiger partial charge on any atom is -0.228 e. The van der Waals surface area contributed by atoms with Gasteiger partial charge in [0.2, 0.25) is 5.79 Å². The second kappa shape index (κ2) is 13.2. The van der Waals surface area contributed by atoms with Gasteiger partial charge in [-0.05, 0) is 53.4 Å². The summed E-state index contributed by atoms with van der Waals surface area (Å²) in [6.45, 7) is 12.7. The molecule has 0 unspecified atom stereocenters. The normalized spacial score (nSPS) is 20.4. The van der Waals surface area contributed by atoms with E-state index in [0.717, 1.165) is 51.4 Å². The summed E-state index contributed by atoms with van der Waals surface area (Å²) < 4.78 is 0. The van der Waals surface area contributed by atoms with Gasteiger partial charge in [0.05, 0.1) is 11.2 Å². The summed E-state index contributed by atoms with van der Waals surface area (Å²) >= 11 is 0. The molecule has 1 rings (SSSR count). The molecule has 0 aromatic carbocycles. The molecule has 0 heterocycles. The maximum absolute atomic E-state index is 6.12. The van der Waals surface area contributed by atoms with E-state index in [4.69, 9.17) is 19.6 Å². The van der Waals surface area contributed by atoms with Crippen LogP contribution in [0.5, 0.6) is 0 Å². The molecule has 0 atom stereocenters. The zero-order chi connectivity index (χ0) is 20.9. The van der Waals surface area contributed by atoms with Crippen molar-refractivity contribution in [3.05, 3.63) is 0 Å². The maximum Gasteiger partial charge on any atom is 0.234 e. The molecule has 0 aromatic rings. The molecule has 168 valence electrons. The van der Waals surface area contributed by atoms with E-state index in [1.807, 2.05) is 0 Å². The highest BCUT2D eigenvalue weighted by Gasteiger charge is 2.39. The highest BCUT2D eigenvalue weighted by atomic mass is 17.3. The average molecular weight is 401 g/mol. The Morgan fingerprint density at radius 3 is 1.21 bits per heavy atom. The van der Waals surface area contributed by atoms with Crippen molar-refractivity contribution in [3.8, 4) is 0 Å². The van der Waals surface area contributed by atoms with E-state index in [2.05, 4.69) is 41.5 Å². The molecular weight excluding hydrogens is 352 g/mol. The van der Waals surface area contributed by atoms with Crippen LogP contribution < -0.4 is 0 Å². The molecule has 0 amide bonds. The Morgan fingerprint density at radius 1 is 0.571 bits per heavy atom. The monoisotopic (exact) mass is 400 g/mol. The van der Waals surface area contributed by atoms with Crippen LogP contribution in [0.4, 0.5) is 0 Å². The summed E-state index contributed by atoms with van der Waals surface area (Å²) in [7, 11) is 0. The summed E-state index contributed by atoms with van der Waals surface area (Å²) in [5.41, 5.74) is -0.651. The van der Waals surface area contributed by atoms with Crippen molar-refractivity contribution in [2.24, 2.45) is 0 Å². The first-order valence-corrected chi connectivity index (χ1v) is 12.0. The second-order valence-corrected chi connectivity index (χ2v) is 9.95. The third kappa shape index (κ3) is 11.1. The summed E-state index contributed by atoms with van der Waals surface area (Å²) in [6, 6.07) is 0. The molecule has 0 N–H and O–H groups in total. The van der Waals surface area contributed by atoms with Crippen LogP contribution in [0, 0.1) is 0 Å². The topological polar surface area (TPSA) is 36.9 Å². The first-order valence-electron chi connectivity index (χ1n) is 12.0. The highest BCUT2D eigenvalue weighted by Crippen LogP contribution is 2.34. The van der Waals surface area contributed by atoms with Crippen LogP contribution in [0.2, 0.25) is 0 Å². The van der Waals surface area contributed by atoms with E-state index in [1.54, 1.807) is 0 Å². The Hall–Kier alpha value is -0.160. The van der Waals surface area contributed by atoms with E-state index in [1.165, 1.54) is 44.9 Å². The van der Waals surface area contributed by atoms with Gasteiger partial charge in [-0.2, -0.15) is 9.78 Å². The average Bonchev–Trinajstić information content (AvgIpc) is 2.61. The van der Waals surface area contributed by atoms with Crippen molar-refractivity contribution in [1.29, 1.82) is 0 Å². The molecule has 0 saturated heterocycles. The van der Waals surface area contributed by atoms with E-state index in [-0.39, 0.29) is 11.2 Å². The van der Waals surface area contributed by atoms with Crippen LogP contribution in [-0.4, -0.2) is 17.0 Å². The molecule has 1 fully saturated rings. The zero-order valence-corrected chi connectivity index (χ0v) is 19.7. The Morgan fingerprint density at radius 2 is 0.893 bits per heavy atom. The standard InChI is InChI=1S/C24H48O4/c1-7-18-22(3,4)25-27-24(28-26-23(5,6)19-8-2)20-16-14-12-10-9-11-13-15-17-21-24/h7-21H2,1-6H3. The summed E-state index contributed by atoms with van der Waals surface area (Å²) in [6.07, 6.45) is 16.9. The van der Waals surface area contributed by atoms with Crippen molar-refractivity contribution in [3.63, 3.8) is 0 Å². The van der Waals surface area contributed by atoms with Gasteiger partial charge in [-0.3, -0.25) is 0 Å². The van der Waals surface area contributed by atoms with Gasteiger partial charge in [-0.1, -0.05) is 71.6 Å². The molecule has 0 aromatic heterocycles. The van der Waals surface area contributed by atoms with Gasteiger partial charge in [0.15, 0.2) is 0 Å². The SMILES string of the molecule is CCCC(C)(C)OOC1(OOC(C)(C)CCC)CCCCCCCCCCC1. The van der Waals surface area contributed by atoms with E-state index in [9.17, 15) is 0 Å². The molecule has 0 spiro atoms. The molecular formula is C24H48O4. The van der Waals surface area contributed by atoms with Crippen LogP contribution in [0.1, 0.15) is 138 Å². The zero-order valence-electron chi connectivity index (χ0n) is 19.7. The number of rotatable bonds is 10. The minimum absolute atomic E-state index is 0.326. The lowest BCUT2D eigenvalue weighted by Crippen LogP contribution is -2.42. The summed E-state index contributed by atoms with van der Waals surface area (Å²) in [5.74, 6) is -0.810. The Kier molecular flexibility index (Phi) is 12.2. The Bertz CT molecular complexity index is 356. The van der Waals surface area contributed by atoms with Gasteiger partial charge in [0, 0.05) is 12.8 Å². The largest absolute Gasteiger partial charge is 0.234 e. The Labute approximate surface area is 174 Å². The predicted octanol–water partition coefficient (Wildman–Crippen LogP) is 8.04. The van der Waals surface area contributed by atoms with Crippen LogP contribution in [0.15, 0.2) is 0 Å². The maximum atomic E-state index is 6.12. The lowest BCUT2D eigenvalue weighted by Gasteiger charge is -2.37. The van der Waals surface area contributed by atoms with Crippen molar-refractivity contribution in [1.82, 2.24) is 0 Å². The van der Waals surface area contributed by atoms with Gasteiger partial charge < -0.3 is 0 Å². The lowest BCUT2D eigenvalue weighted by atomic mass is 9.97. The van der Waals surface area contributed by atoms with Crippen LogP contribution in [0.25, 0.3) is 0 Å². The van der Waals surface area contributed by atoms with Gasteiger partial charge in [0.1, 0.15) is 0 Å². The molecule has 1 saturated carbocycles. The number of hydrogen-bond donors (Lipinski definition) is 0. The van der Waals surface area contributed by atoms with Gasteiger partial charge in [0.25, 0.3) is 0 Å². The molecule has 1 aliphatic carbocycles. The molecule has 1 aliphatic rings. The predicted molar refractivity (Wildman–Crippen MR) is 116 cm³/mol. The molecule has 4 heteroatoms. The quantitative estimate of drug-likeness (QED) is 0.211. The fourth-order valence-electron chi connectivity index (χ4n) is 4.00. The van der Waals surface area contributed by atoms with Gasteiger partial charge in [-0.25, -0.2) is 9.78 Å². The third-order valence-electron chi connectivity index (χ3n) is 5.66. The summed E-state index contributed by atoms with van der Waals surface area (Å²) in [4.78, 5) is 24.2. The smallest absolute Gasteiger partial charge is 0.228 e. The Balaban J connectivity index is 2.86. The van der Waals surface area contributed by atoms with Crippen molar-refractivity contribution >= 4 is 0 Å². The fourth-order valence-corrected chi connectivity index (χ4v) is 4.00. The van der Waals surface area contributed by atoms with Crippen molar-refractivity contribution in [2.45, 2.75) is 155 Å². The van der Waals surface area contributed by atoms with Crippen molar-refractivity contribution in [2.75, 3.05) is 0 Å². The highest BCUT2D eigenvalue weighted by molar-refractivity contribution is 4.72. The molecule has 0 radical (unpaired) electrons. The fraction of sp³-hybridized carbons (Fsp3) is 1.00. The van der Waals surface area contributed by atoms with Gasteiger partial charge in [-0.15, -0.1) is 0 Å². The van der Waals surface area contributed by atoms with E-state index < -0.39 is 5.79 Å². The first-order chi connectivity index (χ1) is 13.2. The molecule has 0 aliphatic heterocycles. The van der Waals surface area contributed by atoms with Crippen LogP contribution >= 0.6 is 0 Å². The van der Waals surface area contributed by atoms with E-state index in [0.29, 0.717) is 0 Å². The minimum atomic E-state index is -0.810. The first kappa shape index (κ1) is 25.9. The number of hydrogen-bond acceptors (Lipinski definition) is 4. The van der Waals surface area contributed by atoms with Gasteiger partial charge >= 0.3 is 0 Å². The third-order valence-corrected chi connectivity index (χ3v) is 5.66. The van der Waals surface area contributed by atoms with E-state index >= 15 is 0 Å². The molecule has 0 bridgehead atoms.